The van der Waals surface area contributed by atoms with Gasteiger partial charge in [-0.1, -0.05) is 0 Å². The van der Waals surface area contributed by atoms with Gasteiger partial charge in [0.05, 0.1) is 23.8 Å². The first-order valence-electron chi connectivity index (χ1n) is 7.82. The van der Waals surface area contributed by atoms with Gasteiger partial charge in [-0.05, 0) is 36.6 Å². The molecule has 8 heteroatoms. The Labute approximate surface area is 143 Å². The molecule has 0 atom stereocenters. The molecule has 0 bridgehead atoms. The van der Waals surface area contributed by atoms with Crippen LogP contribution in [0.5, 0.6) is 0 Å². The second-order valence-corrected chi connectivity index (χ2v) is 6.04. The Morgan fingerprint density at radius 3 is 2.96 bits per heavy atom. The molecule has 3 aromatic heterocycles. The van der Waals surface area contributed by atoms with E-state index in [9.17, 15) is 4.79 Å². The maximum absolute atomic E-state index is 12.8. The number of anilines is 1. The molecule has 1 aliphatic rings. The third-order valence-corrected chi connectivity index (χ3v) is 4.31. The summed E-state index contributed by atoms with van der Waals surface area (Å²) in [7, 11) is 0. The van der Waals surface area contributed by atoms with Gasteiger partial charge in [-0.15, -0.1) is 0 Å². The zero-order valence-electron chi connectivity index (χ0n) is 12.9. The fourth-order valence-corrected chi connectivity index (χ4v) is 3.15. The van der Waals surface area contributed by atoms with E-state index in [-0.39, 0.29) is 11.2 Å². The fourth-order valence-electron chi connectivity index (χ4n) is 2.98. The average Bonchev–Trinajstić information content (AvgIpc) is 3.31. The molecule has 0 unspecified atom stereocenters. The largest absolute Gasteiger partial charge is 0.467 e. The summed E-state index contributed by atoms with van der Waals surface area (Å²) in [6.07, 6.45) is 5.37. The second-order valence-electron chi connectivity index (χ2n) is 5.70. The number of amides is 1. The van der Waals surface area contributed by atoms with Crippen LogP contribution in [0, 0.1) is 0 Å². The van der Waals surface area contributed by atoms with Crippen molar-refractivity contribution in [3.8, 4) is 0 Å². The number of carbonyl (C=O) groups excluding carboxylic acids is 1. The minimum Gasteiger partial charge on any atom is -0.467 e. The number of carbonyl (C=O) groups is 1. The van der Waals surface area contributed by atoms with Crippen LogP contribution in [0.1, 0.15) is 29.0 Å². The Kier molecular flexibility index (Phi) is 3.86. The first-order chi connectivity index (χ1) is 11.7. The fraction of sp³-hybridized carbons (Fsp3) is 0.312. The minimum absolute atomic E-state index is 0.00859. The summed E-state index contributed by atoms with van der Waals surface area (Å²) in [6.45, 7) is 2.02. The molecule has 0 radical (unpaired) electrons. The van der Waals surface area contributed by atoms with Crippen LogP contribution in [0.2, 0.25) is 5.28 Å². The summed E-state index contributed by atoms with van der Waals surface area (Å²) >= 11 is 6.00. The molecule has 4 heterocycles. The molecule has 1 aliphatic heterocycles. The van der Waals surface area contributed by atoms with Crippen molar-refractivity contribution in [3.05, 3.63) is 41.2 Å². The van der Waals surface area contributed by atoms with Crippen molar-refractivity contribution in [1.29, 1.82) is 0 Å². The minimum atomic E-state index is -0.00859. The van der Waals surface area contributed by atoms with Crippen molar-refractivity contribution < 1.29 is 9.21 Å². The third kappa shape index (κ3) is 2.71. The molecule has 0 saturated carbocycles. The summed E-state index contributed by atoms with van der Waals surface area (Å²) < 4.78 is 5.32. The Morgan fingerprint density at radius 1 is 1.38 bits per heavy atom. The van der Waals surface area contributed by atoms with Gasteiger partial charge < -0.3 is 19.6 Å². The first kappa shape index (κ1) is 15.0. The van der Waals surface area contributed by atoms with E-state index in [1.807, 2.05) is 17.0 Å². The highest BCUT2D eigenvalue weighted by Crippen LogP contribution is 2.28. The lowest BCUT2D eigenvalue weighted by Crippen LogP contribution is -2.27. The van der Waals surface area contributed by atoms with Crippen molar-refractivity contribution >= 4 is 34.4 Å². The maximum Gasteiger partial charge on any atom is 0.256 e. The van der Waals surface area contributed by atoms with Crippen molar-refractivity contribution in [1.82, 2.24) is 19.9 Å². The number of rotatable bonds is 4. The first-order valence-corrected chi connectivity index (χ1v) is 8.20. The predicted molar refractivity (Wildman–Crippen MR) is 90.1 cm³/mol. The van der Waals surface area contributed by atoms with Crippen LogP contribution in [0.4, 0.5) is 5.82 Å². The second kappa shape index (κ2) is 6.16. The maximum atomic E-state index is 12.8. The van der Waals surface area contributed by atoms with Gasteiger partial charge in [-0.25, -0.2) is 4.98 Å². The normalized spacial score (nSPS) is 14.5. The van der Waals surface area contributed by atoms with Crippen molar-refractivity contribution in [2.45, 2.75) is 19.4 Å². The van der Waals surface area contributed by atoms with E-state index in [4.69, 9.17) is 16.0 Å². The molecule has 4 rings (SSSR count). The lowest BCUT2D eigenvalue weighted by atomic mass is 10.2. The summed E-state index contributed by atoms with van der Waals surface area (Å²) in [6, 6.07) is 3.68. The molecule has 1 saturated heterocycles. The number of H-pyrrole nitrogens is 1. The lowest BCUT2D eigenvalue weighted by Gasteiger charge is -2.15. The molecule has 7 nitrogen and oxygen atoms in total. The van der Waals surface area contributed by atoms with Crippen LogP contribution < -0.4 is 5.32 Å². The number of furan rings is 1. The number of fused-ring (bicyclic) bond motifs is 1. The summed E-state index contributed by atoms with van der Waals surface area (Å²) in [5.41, 5.74) is 1.10. The Morgan fingerprint density at radius 2 is 2.21 bits per heavy atom. The zero-order valence-corrected chi connectivity index (χ0v) is 13.6. The predicted octanol–water partition coefficient (Wildman–Crippen LogP) is 3.05. The van der Waals surface area contributed by atoms with Gasteiger partial charge in [0, 0.05) is 19.3 Å². The average molecular weight is 346 g/mol. The summed E-state index contributed by atoms with van der Waals surface area (Å²) in [5, 5.41) is 3.96. The molecule has 0 aliphatic carbocycles. The highest BCUT2D eigenvalue weighted by Gasteiger charge is 2.24. The zero-order chi connectivity index (χ0) is 16.5. The quantitative estimate of drug-likeness (QED) is 0.710. The Hall–Kier alpha value is -2.54. The van der Waals surface area contributed by atoms with E-state index in [0.29, 0.717) is 29.0 Å². The number of halogens is 1. The monoisotopic (exact) mass is 345 g/mol. The molecule has 0 spiro atoms. The standard InChI is InChI=1S/C16H16ClN5O2/c17-16-20-13(18-8-10-4-3-7-24-10)12-11(9-19-14(12)21-16)15(23)22-5-1-2-6-22/h3-4,7,9H,1-2,5-6,8H2,(H2,18,19,20,21). The van der Waals surface area contributed by atoms with E-state index in [0.717, 1.165) is 31.7 Å². The molecule has 24 heavy (non-hydrogen) atoms. The van der Waals surface area contributed by atoms with Gasteiger partial charge in [-0.2, -0.15) is 4.98 Å². The number of aromatic amines is 1. The van der Waals surface area contributed by atoms with Gasteiger partial charge in [0.15, 0.2) is 0 Å². The van der Waals surface area contributed by atoms with Gasteiger partial charge >= 0.3 is 0 Å². The number of hydrogen-bond acceptors (Lipinski definition) is 5. The van der Waals surface area contributed by atoms with Crippen LogP contribution >= 0.6 is 11.6 Å². The SMILES string of the molecule is O=C(c1c[nH]c2nc(Cl)nc(NCc3ccco3)c12)N1CCCC1. The van der Waals surface area contributed by atoms with Gasteiger partial charge in [0.25, 0.3) is 5.91 Å². The van der Waals surface area contributed by atoms with Crippen molar-refractivity contribution in [2.75, 3.05) is 18.4 Å². The molecule has 1 fully saturated rings. The van der Waals surface area contributed by atoms with Gasteiger partial charge in [-0.3, -0.25) is 4.79 Å². The molecule has 1 amide bonds. The van der Waals surface area contributed by atoms with Crippen molar-refractivity contribution in [3.63, 3.8) is 0 Å². The Bertz CT molecular complexity index is 868. The molecule has 124 valence electrons. The van der Waals surface area contributed by atoms with E-state index in [1.165, 1.54) is 0 Å². The van der Waals surface area contributed by atoms with Crippen LogP contribution in [-0.4, -0.2) is 38.8 Å². The van der Waals surface area contributed by atoms with Crippen LogP contribution in [0.15, 0.2) is 29.0 Å². The number of likely N-dealkylation sites (tertiary alicyclic amines) is 1. The third-order valence-electron chi connectivity index (χ3n) is 4.14. The van der Waals surface area contributed by atoms with Crippen LogP contribution in [-0.2, 0) is 6.54 Å². The van der Waals surface area contributed by atoms with Crippen molar-refractivity contribution in [2.24, 2.45) is 0 Å². The number of nitrogens with zero attached hydrogens (tertiary/aromatic N) is 3. The Balaban J connectivity index is 1.71. The van der Waals surface area contributed by atoms with E-state index >= 15 is 0 Å². The summed E-state index contributed by atoms with van der Waals surface area (Å²) in [5.74, 6) is 1.27. The highest BCUT2D eigenvalue weighted by atomic mass is 35.5. The lowest BCUT2D eigenvalue weighted by molar-refractivity contribution is 0.0795. The van der Waals surface area contributed by atoms with Crippen LogP contribution in [0.3, 0.4) is 0 Å². The topological polar surface area (TPSA) is 87.0 Å². The molecule has 2 N–H and O–H groups in total. The smallest absolute Gasteiger partial charge is 0.256 e. The number of hydrogen-bond donors (Lipinski definition) is 2. The highest BCUT2D eigenvalue weighted by molar-refractivity contribution is 6.29. The number of nitrogens with one attached hydrogen (secondary N) is 2. The molecular formula is C16H16ClN5O2. The van der Waals surface area contributed by atoms with Crippen LogP contribution in [0.25, 0.3) is 11.0 Å². The molecule has 0 aromatic carbocycles. The molecular weight excluding hydrogens is 330 g/mol. The van der Waals surface area contributed by atoms with Gasteiger partial charge in [0.2, 0.25) is 5.28 Å². The van der Waals surface area contributed by atoms with E-state index in [1.54, 1.807) is 12.5 Å². The van der Waals surface area contributed by atoms with E-state index in [2.05, 4.69) is 20.3 Å². The number of aromatic nitrogens is 3. The van der Waals surface area contributed by atoms with E-state index < -0.39 is 0 Å². The summed E-state index contributed by atoms with van der Waals surface area (Å²) in [4.78, 5) is 26.1. The van der Waals surface area contributed by atoms with Gasteiger partial charge in [0.1, 0.15) is 17.2 Å². The molecule has 3 aromatic rings.